The Morgan fingerprint density at radius 2 is 2.36 bits per heavy atom. The molecule has 0 saturated heterocycles. The van der Waals surface area contributed by atoms with E-state index in [9.17, 15) is 9.59 Å². The highest BCUT2D eigenvalue weighted by atomic mass is 16.5. The molecule has 0 unspecified atom stereocenters. The van der Waals surface area contributed by atoms with Crippen molar-refractivity contribution >= 4 is 12.3 Å². The molecule has 0 heterocycles. The molecule has 0 radical (unpaired) electrons. The SMILES string of the molecule is CC(=O)OC[C@@H]1CC[C@H]1C=O. The van der Waals surface area contributed by atoms with Crippen molar-refractivity contribution in [2.24, 2.45) is 11.8 Å². The molecule has 0 aliphatic heterocycles. The van der Waals surface area contributed by atoms with Gasteiger partial charge in [-0.25, -0.2) is 0 Å². The molecule has 0 N–H and O–H groups in total. The lowest BCUT2D eigenvalue weighted by atomic mass is 9.75. The number of esters is 1. The van der Waals surface area contributed by atoms with Crippen molar-refractivity contribution < 1.29 is 14.3 Å². The van der Waals surface area contributed by atoms with Gasteiger partial charge in [-0.3, -0.25) is 4.79 Å². The van der Waals surface area contributed by atoms with E-state index in [1.807, 2.05) is 0 Å². The molecule has 62 valence electrons. The van der Waals surface area contributed by atoms with Crippen LogP contribution in [-0.4, -0.2) is 18.9 Å². The van der Waals surface area contributed by atoms with Crippen LogP contribution in [0, 0.1) is 11.8 Å². The predicted octanol–water partition coefficient (Wildman–Crippen LogP) is 0.775. The van der Waals surface area contributed by atoms with Gasteiger partial charge in [-0.05, 0) is 12.8 Å². The maximum absolute atomic E-state index is 10.4. The third-order valence-electron chi connectivity index (χ3n) is 2.15. The van der Waals surface area contributed by atoms with Gasteiger partial charge in [0.15, 0.2) is 0 Å². The van der Waals surface area contributed by atoms with Gasteiger partial charge in [0.05, 0.1) is 6.61 Å². The monoisotopic (exact) mass is 156 g/mol. The minimum Gasteiger partial charge on any atom is -0.466 e. The minimum absolute atomic E-state index is 0.134. The quantitative estimate of drug-likeness (QED) is 0.448. The molecule has 3 nitrogen and oxygen atoms in total. The van der Waals surface area contributed by atoms with Crippen LogP contribution in [0.5, 0.6) is 0 Å². The molecule has 1 rings (SSSR count). The van der Waals surface area contributed by atoms with Crippen molar-refractivity contribution in [1.82, 2.24) is 0 Å². The predicted molar refractivity (Wildman–Crippen MR) is 38.9 cm³/mol. The highest BCUT2D eigenvalue weighted by molar-refractivity contribution is 5.66. The Bertz CT molecular complexity index is 165. The number of carbonyl (C=O) groups excluding carboxylic acids is 2. The Morgan fingerprint density at radius 3 is 2.73 bits per heavy atom. The number of aldehydes is 1. The van der Waals surface area contributed by atoms with E-state index < -0.39 is 0 Å². The third kappa shape index (κ3) is 2.03. The molecular formula is C8H12O3. The molecule has 0 spiro atoms. The van der Waals surface area contributed by atoms with Crippen LogP contribution in [0.4, 0.5) is 0 Å². The highest BCUT2D eigenvalue weighted by Gasteiger charge is 2.30. The summed E-state index contributed by atoms with van der Waals surface area (Å²) in [6, 6.07) is 0. The van der Waals surface area contributed by atoms with Crippen LogP contribution in [0.3, 0.4) is 0 Å². The summed E-state index contributed by atoms with van der Waals surface area (Å²) in [6.07, 6.45) is 2.92. The number of carbonyl (C=O) groups is 2. The second-order valence-electron chi connectivity index (χ2n) is 2.94. The van der Waals surface area contributed by atoms with Gasteiger partial charge in [0.2, 0.25) is 0 Å². The molecule has 0 aromatic rings. The zero-order chi connectivity index (χ0) is 8.27. The fourth-order valence-electron chi connectivity index (χ4n) is 1.21. The van der Waals surface area contributed by atoms with Gasteiger partial charge in [-0.15, -0.1) is 0 Å². The van der Waals surface area contributed by atoms with E-state index in [4.69, 9.17) is 4.74 Å². The molecule has 11 heavy (non-hydrogen) atoms. The smallest absolute Gasteiger partial charge is 0.302 e. The maximum atomic E-state index is 10.4. The Kier molecular flexibility index (Phi) is 2.63. The van der Waals surface area contributed by atoms with Crippen molar-refractivity contribution in [2.45, 2.75) is 19.8 Å². The maximum Gasteiger partial charge on any atom is 0.302 e. The lowest BCUT2D eigenvalue weighted by Crippen LogP contribution is -2.31. The first kappa shape index (κ1) is 8.24. The van der Waals surface area contributed by atoms with E-state index in [2.05, 4.69) is 0 Å². The van der Waals surface area contributed by atoms with Gasteiger partial charge in [0, 0.05) is 18.8 Å². The van der Waals surface area contributed by atoms with Crippen LogP contribution in [-0.2, 0) is 14.3 Å². The summed E-state index contributed by atoms with van der Waals surface area (Å²) in [4.78, 5) is 20.7. The molecule has 1 aliphatic rings. The van der Waals surface area contributed by atoms with Crippen LogP contribution in [0.1, 0.15) is 19.8 Å². The summed E-state index contributed by atoms with van der Waals surface area (Å²) in [5.41, 5.74) is 0. The van der Waals surface area contributed by atoms with Crippen molar-refractivity contribution in [3.63, 3.8) is 0 Å². The molecule has 0 amide bonds. The minimum atomic E-state index is -0.262. The zero-order valence-corrected chi connectivity index (χ0v) is 6.58. The molecule has 0 aromatic heterocycles. The second-order valence-corrected chi connectivity index (χ2v) is 2.94. The number of hydrogen-bond donors (Lipinski definition) is 0. The van der Waals surface area contributed by atoms with E-state index in [0.29, 0.717) is 6.61 Å². The van der Waals surface area contributed by atoms with E-state index in [1.165, 1.54) is 6.92 Å². The van der Waals surface area contributed by atoms with Gasteiger partial charge < -0.3 is 9.53 Å². The van der Waals surface area contributed by atoms with Gasteiger partial charge >= 0.3 is 5.97 Å². The lowest BCUT2D eigenvalue weighted by molar-refractivity contribution is -0.145. The number of hydrogen-bond acceptors (Lipinski definition) is 3. The van der Waals surface area contributed by atoms with Crippen LogP contribution >= 0.6 is 0 Å². The summed E-state index contributed by atoms with van der Waals surface area (Å²) >= 11 is 0. The summed E-state index contributed by atoms with van der Waals surface area (Å²) < 4.78 is 4.78. The summed E-state index contributed by atoms with van der Waals surface area (Å²) in [5, 5.41) is 0. The average molecular weight is 156 g/mol. The molecule has 1 aliphatic carbocycles. The fourth-order valence-corrected chi connectivity index (χ4v) is 1.21. The summed E-state index contributed by atoms with van der Waals surface area (Å²) in [7, 11) is 0. The van der Waals surface area contributed by atoms with Crippen molar-refractivity contribution in [2.75, 3.05) is 6.61 Å². The first-order valence-electron chi connectivity index (χ1n) is 3.82. The molecule has 1 fully saturated rings. The average Bonchev–Trinajstić information content (AvgIpc) is 1.86. The Morgan fingerprint density at radius 1 is 1.64 bits per heavy atom. The van der Waals surface area contributed by atoms with Crippen LogP contribution in [0.15, 0.2) is 0 Å². The van der Waals surface area contributed by atoms with Gasteiger partial charge in [-0.2, -0.15) is 0 Å². The van der Waals surface area contributed by atoms with Gasteiger partial charge in [-0.1, -0.05) is 0 Å². The Labute approximate surface area is 65.7 Å². The molecule has 0 bridgehead atoms. The number of rotatable bonds is 3. The third-order valence-corrected chi connectivity index (χ3v) is 2.15. The van der Waals surface area contributed by atoms with Gasteiger partial charge in [0.1, 0.15) is 6.29 Å². The van der Waals surface area contributed by atoms with E-state index in [-0.39, 0.29) is 17.8 Å². The van der Waals surface area contributed by atoms with Crippen LogP contribution in [0.2, 0.25) is 0 Å². The summed E-state index contributed by atoms with van der Waals surface area (Å²) in [5.74, 6) is 0.160. The number of ether oxygens (including phenoxy) is 1. The normalized spacial score (nSPS) is 28.8. The Balaban J connectivity index is 2.17. The first-order valence-corrected chi connectivity index (χ1v) is 3.82. The van der Waals surface area contributed by atoms with Gasteiger partial charge in [0.25, 0.3) is 0 Å². The molecule has 1 saturated carbocycles. The highest BCUT2D eigenvalue weighted by Crippen LogP contribution is 2.32. The van der Waals surface area contributed by atoms with Crippen LogP contribution < -0.4 is 0 Å². The topological polar surface area (TPSA) is 43.4 Å². The molecular weight excluding hydrogens is 144 g/mol. The molecule has 2 atom stereocenters. The lowest BCUT2D eigenvalue weighted by Gasteiger charge is -2.31. The van der Waals surface area contributed by atoms with Crippen molar-refractivity contribution in [3.05, 3.63) is 0 Å². The standard InChI is InChI=1S/C8H12O3/c1-6(10)11-5-8-3-2-7(8)4-9/h4,7-8H,2-3,5H2,1H3/t7-,8-/m0/s1. The van der Waals surface area contributed by atoms with Crippen LogP contribution in [0.25, 0.3) is 0 Å². The van der Waals surface area contributed by atoms with Crippen molar-refractivity contribution in [1.29, 1.82) is 0 Å². The Hall–Kier alpha value is -0.860. The fraction of sp³-hybridized carbons (Fsp3) is 0.750. The molecule has 3 heteroatoms. The zero-order valence-electron chi connectivity index (χ0n) is 6.58. The molecule has 0 aromatic carbocycles. The van der Waals surface area contributed by atoms with E-state index in [0.717, 1.165) is 19.1 Å². The second kappa shape index (κ2) is 3.51. The van der Waals surface area contributed by atoms with E-state index in [1.54, 1.807) is 0 Å². The first-order chi connectivity index (χ1) is 5.24. The largest absolute Gasteiger partial charge is 0.466 e. The summed E-state index contributed by atoms with van der Waals surface area (Å²) in [6.45, 7) is 1.80. The van der Waals surface area contributed by atoms with Crippen molar-refractivity contribution in [3.8, 4) is 0 Å². The van der Waals surface area contributed by atoms with E-state index >= 15 is 0 Å².